The molecule has 6 heteroatoms. The average Bonchev–Trinajstić information content (AvgIpc) is 2.76. The summed E-state index contributed by atoms with van der Waals surface area (Å²) in [7, 11) is 1.64. The molecule has 1 spiro atoms. The topological polar surface area (TPSA) is 71.5 Å². The molecular formula is C24H29N3O3. The first kappa shape index (κ1) is 20.5. The zero-order valence-corrected chi connectivity index (χ0v) is 17.7. The quantitative estimate of drug-likeness (QED) is 0.816. The average molecular weight is 408 g/mol. The third-order valence-electron chi connectivity index (χ3n) is 6.57. The number of benzene rings is 1. The van der Waals surface area contributed by atoms with Gasteiger partial charge in [0.2, 0.25) is 5.91 Å². The Kier molecular flexibility index (Phi) is 5.86. The van der Waals surface area contributed by atoms with Gasteiger partial charge in [0.05, 0.1) is 18.1 Å². The third-order valence-corrected chi connectivity index (χ3v) is 6.57. The van der Waals surface area contributed by atoms with Crippen LogP contribution in [0.15, 0.2) is 42.6 Å². The Hall–Kier alpha value is -2.73. The third kappa shape index (κ3) is 3.49. The Morgan fingerprint density at radius 2 is 1.97 bits per heavy atom. The zero-order valence-electron chi connectivity index (χ0n) is 17.7. The van der Waals surface area contributed by atoms with Crippen LogP contribution in [0.4, 0.5) is 5.82 Å². The molecule has 1 aromatic heterocycles. The molecule has 2 amide bonds. The molecule has 0 unspecified atom stereocenters. The predicted octanol–water partition coefficient (Wildman–Crippen LogP) is 3.92. The first-order chi connectivity index (χ1) is 14.6. The highest BCUT2D eigenvalue weighted by Crippen LogP contribution is 2.49. The largest absolute Gasteiger partial charge is 0.383 e. The Labute approximate surface area is 177 Å². The molecular weight excluding hydrogens is 378 g/mol. The highest BCUT2D eigenvalue weighted by Gasteiger charge is 2.54. The molecule has 158 valence electrons. The number of methoxy groups -OCH3 is 1. The van der Waals surface area contributed by atoms with E-state index in [9.17, 15) is 9.59 Å². The SMILES string of the molecule is COCCN1C(=O)c2ccccc2[C@H](C(=O)Nc2ncccc2C)C12CCCCC2. The van der Waals surface area contributed by atoms with E-state index in [0.717, 1.165) is 43.2 Å². The lowest BCUT2D eigenvalue weighted by molar-refractivity contribution is -0.122. The van der Waals surface area contributed by atoms with E-state index < -0.39 is 11.5 Å². The van der Waals surface area contributed by atoms with Crippen LogP contribution >= 0.6 is 0 Å². The Morgan fingerprint density at radius 1 is 1.20 bits per heavy atom. The number of carbonyl (C=O) groups is 2. The molecule has 1 atom stereocenters. The van der Waals surface area contributed by atoms with Crippen molar-refractivity contribution in [2.75, 3.05) is 25.6 Å². The molecule has 1 N–H and O–H groups in total. The minimum atomic E-state index is -0.533. The smallest absolute Gasteiger partial charge is 0.254 e. The minimum absolute atomic E-state index is 0.00242. The molecule has 1 fully saturated rings. The Bertz CT molecular complexity index is 937. The van der Waals surface area contributed by atoms with E-state index in [-0.39, 0.29) is 11.8 Å². The van der Waals surface area contributed by atoms with Crippen LogP contribution in [0.1, 0.15) is 59.5 Å². The minimum Gasteiger partial charge on any atom is -0.383 e. The van der Waals surface area contributed by atoms with Gasteiger partial charge in [0, 0.05) is 25.4 Å². The molecule has 1 aromatic carbocycles. The summed E-state index contributed by atoms with van der Waals surface area (Å²) < 4.78 is 5.32. The van der Waals surface area contributed by atoms with Crippen LogP contribution in [-0.4, -0.2) is 47.5 Å². The number of fused-ring (bicyclic) bond motifs is 1. The van der Waals surface area contributed by atoms with Gasteiger partial charge in [-0.15, -0.1) is 0 Å². The number of anilines is 1. The van der Waals surface area contributed by atoms with E-state index in [1.165, 1.54) is 0 Å². The van der Waals surface area contributed by atoms with Crippen molar-refractivity contribution in [3.05, 3.63) is 59.3 Å². The number of aryl methyl sites for hydroxylation is 1. The van der Waals surface area contributed by atoms with Crippen LogP contribution in [-0.2, 0) is 9.53 Å². The lowest BCUT2D eigenvalue weighted by atomic mass is 9.65. The maximum atomic E-state index is 13.8. The molecule has 0 bridgehead atoms. The van der Waals surface area contributed by atoms with Gasteiger partial charge >= 0.3 is 0 Å². The van der Waals surface area contributed by atoms with Crippen LogP contribution < -0.4 is 5.32 Å². The molecule has 0 saturated heterocycles. The maximum Gasteiger partial charge on any atom is 0.254 e. The van der Waals surface area contributed by atoms with Crippen LogP contribution in [0.3, 0.4) is 0 Å². The second-order valence-corrected chi connectivity index (χ2v) is 8.29. The summed E-state index contributed by atoms with van der Waals surface area (Å²) in [6.07, 6.45) is 6.45. The highest BCUT2D eigenvalue weighted by molar-refractivity contribution is 6.05. The number of amides is 2. The normalized spacial score (nSPS) is 20.1. The molecule has 6 nitrogen and oxygen atoms in total. The first-order valence-electron chi connectivity index (χ1n) is 10.7. The number of hydrogen-bond donors (Lipinski definition) is 1. The van der Waals surface area contributed by atoms with Gasteiger partial charge in [-0.3, -0.25) is 9.59 Å². The Balaban J connectivity index is 1.81. The van der Waals surface area contributed by atoms with Gasteiger partial charge in [-0.25, -0.2) is 4.98 Å². The Morgan fingerprint density at radius 3 is 2.70 bits per heavy atom. The number of nitrogens with one attached hydrogen (secondary N) is 1. The number of nitrogens with zero attached hydrogens (tertiary/aromatic N) is 2. The van der Waals surface area contributed by atoms with Crippen molar-refractivity contribution in [3.63, 3.8) is 0 Å². The fraction of sp³-hybridized carbons (Fsp3) is 0.458. The van der Waals surface area contributed by atoms with Crippen molar-refractivity contribution in [3.8, 4) is 0 Å². The second-order valence-electron chi connectivity index (χ2n) is 8.29. The van der Waals surface area contributed by atoms with Crippen molar-refractivity contribution < 1.29 is 14.3 Å². The van der Waals surface area contributed by atoms with Gasteiger partial charge in [-0.05, 0) is 43.0 Å². The van der Waals surface area contributed by atoms with E-state index in [0.29, 0.717) is 24.5 Å². The summed E-state index contributed by atoms with van der Waals surface area (Å²) in [5.74, 6) is 0.0416. The number of carbonyl (C=O) groups excluding carboxylic acids is 2. The standard InChI is InChI=1S/C24H29N3O3/c1-17-9-8-14-25-21(17)26-22(28)20-18-10-4-5-11-19(18)23(29)27(15-16-30-2)24(20)12-6-3-7-13-24/h4-5,8-11,14,20H,3,6-7,12-13,15-16H2,1-2H3,(H,25,26,28)/t20-/m1/s1. The van der Waals surface area contributed by atoms with Crippen molar-refractivity contribution in [2.24, 2.45) is 0 Å². The van der Waals surface area contributed by atoms with Crippen molar-refractivity contribution >= 4 is 17.6 Å². The fourth-order valence-electron chi connectivity index (χ4n) is 5.16. The van der Waals surface area contributed by atoms with Crippen LogP contribution in [0.25, 0.3) is 0 Å². The van der Waals surface area contributed by atoms with Crippen molar-refractivity contribution in [1.29, 1.82) is 0 Å². The van der Waals surface area contributed by atoms with Crippen molar-refractivity contribution in [1.82, 2.24) is 9.88 Å². The molecule has 2 aliphatic rings. The zero-order chi connectivity index (χ0) is 21.1. The maximum absolute atomic E-state index is 13.8. The predicted molar refractivity (Wildman–Crippen MR) is 116 cm³/mol. The molecule has 4 rings (SSSR count). The van der Waals surface area contributed by atoms with E-state index in [1.54, 1.807) is 13.3 Å². The van der Waals surface area contributed by atoms with Crippen LogP contribution in [0.2, 0.25) is 0 Å². The monoisotopic (exact) mass is 407 g/mol. The number of ether oxygens (including phenoxy) is 1. The summed E-state index contributed by atoms with van der Waals surface area (Å²) in [6.45, 7) is 2.86. The molecule has 0 radical (unpaired) electrons. The lowest BCUT2D eigenvalue weighted by Crippen LogP contribution is -2.62. The van der Waals surface area contributed by atoms with Gasteiger partial charge in [0.15, 0.2) is 0 Å². The van der Waals surface area contributed by atoms with Crippen molar-refractivity contribution in [2.45, 2.75) is 50.5 Å². The molecule has 2 aromatic rings. The van der Waals surface area contributed by atoms with E-state index >= 15 is 0 Å². The van der Waals surface area contributed by atoms with E-state index in [4.69, 9.17) is 4.74 Å². The number of rotatable bonds is 5. The summed E-state index contributed by atoms with van der Waals surface area (Å²) in [4.78, 5) is 33.5. The molecule has 1 aliphatic heterocycles. The molecule has 30 heavy (non-hydrogen) atoms. The first-order valence-corrected chi connectivity index (χ1v) is 10.7. The van der Waals surface area contributed by atoms with E-state index in [1.807, 2.05) is 48.2 Å². The van der Waals surface area contributed by atoms with Gasteiger partial charge in [-0.2, -0.15) is 0 Å². The summed E-state index contributed by atoms with van der Waals surface area (Å²) >= 11 is 0. The molecule has 1 aliphatic carbocycles. The van der Waals surface area contributed by atoms with Crippen LogP contribution in [0.5, 0.6) is 0 Å². The lowest BCUT2D eigenvalue weighted by Gasteiger charge is -2.53. The van der Waals surface area contributed by atoms with Crippen LogP contribution in [0, 0.1) is 6.92 Å². The van der Waals surface area contributed by atoms with E-state index in [2.05, 4.69) is 10.3 Å². The summed E-state index contributed by atoms with van der Waals surface area (Å²) in [5.41, 5.74) is 1.82. The summed E-state index contributed by atoms with van der Waals surface area (Å²) in [5, 5.41) is 3.06. The fourth-order valence-corrected chi connectivity index (χ4v) is 5.16. The number of pyridine rings is 1. The van der Waals surface area contributed by atoms with Gasteiger partial charge in [0.1, 0.15) is 5.82 Å². The van der Waals surface area contributed by atoms with Gasteiger partial charge in [0.25, 0.3) is 5.91 Å². The number of aromatic nitrogens is 1. The highest BCUT2D eigenvalue weighted by atomic mass is 16.5. The number of hydrogen-bond acceptors (Lipinski definition) is 4. The van der Waals surface area contributed by atoms with Gasteiger partial charge < -0.3 is 15.0 Å². The second kappa shape index (κ2) is 8.56. The molecule has 2 heterocycles. The van der Waals surface area contributed by atoms with Gasteiger partial charge in [-0.1, -0.05) is 43.5 Å². The molecule has 1 saturated carbocycles. The summed E-state index contributed by atoms with van der Waals surface area (Å²) in [6, 6.07) is 11.3.